The monoisotopic (exact) mass is 613 g/mol. The molecule has 0 spiro atoms. The second kappa shape index (κ2) is 12.1. The van der Waals surface area contributed by atoms with Crippen LogP contribution in [-0.4, -0.2) is 50.9 Å². The molecule has 9 nitrogen and oxygen atoms in total. The lowest BCUT2D eigenvalue weighted by atomic mass is 10.0. The Morgan fingerprint density at radius 2 is 1.42 bits per heavy atom. The molecule has 15 heteroatoms. The van der Waals surface area contributed by atoms with E-state index in [-0.39, 0.29) is 42.5 Å². The zero-order valence-corrected chi connectivity index (χ0v) is 25.2. The van der Waals surface area contributed by atoms with Gasteiger partial charge in [0.05, 0.1) is 16.8 Å². The molecule has 1 aliphatic heterocycles. The summed E-state index contributed by atoms with van der Waals surface area (Å²) in [5.74, 6) is 1.47. The number of halogens is 6. The molecule has 4 rings (SSSR count). The van der Waals surface area contributed by atoms with Crippen molar-refractivity contribution >= 4 is 22.8 Å². The van der Waals surface area contributed by atoms with Crippen molar-refractivity contribution in [3.05, 3.63) is 52.2 Å². The second-order valence-corrected chi connectivity index (χ2v) is 11.7. The number of rotatable bonds is 9. The fourth-order valence-corrected chi connectivity index (χ4v) is 5.10. The number of hydrogen-bond acceptors (Lipinski definition) is 8. The molecule has 0 unspecified atom stereocenters. The molecular formula is C28H37F6N9. The van der Waals surface area contributed by atoms with E-state index in [1.807, 2.05) is 13.0 Å². The molecule has 1 aliphatic rings. The molecule has 2 N–H and O–H groups in total. The standard InChI is InChI=1S/C28H37F6N9/c1-16(2)12-42(13-17(3)4)24-20(10-23-18(5)37-40(6)25(23)35-24)15-43(26-36-39-41(7)38-26)14-19-8-21(27(29,30)31)11-22(9-19)28(32,33)34/h8-11,16-17,39H,12-15H2,1-7H3,(H,36,38). The Bertz CT molecular complexity index is 1430. The summed E-state index contributed by atoms with van der Waals surface area (Å²) in [5.41, 5.74) is 4.85. The molecule has 0 aliphatic carbocycles. The van der Waals surface area contributed by atoms with Crippen LogP contribution in [0.5, 0.6) is 0 Å². The van der Waals surface area contributed by atoms with Gasteiger partial charge in [0.25, 0.3) is 0 Å². The van der Waals surface area contributed by atoms with Gasteiger partial charge in [-0.25, -0.2) is 10.1 Å². The largest absolute Gasteiger partial charge is 0.416 e. The summed E-state index contributed by atoms with van der Waals surface area (Å²) in [6, 6.07) is 3.56. The molecule has 236 valence electrons. The van der Waals surface area contributed by atoms with E-state index >= 15 is 0 Å². The van der Waals surface area contributed by atoms with Gasteiger partial charge in [-0.05, 0) is 48.6 Å². The van der Waals surface area contributed by atoms with Gasteiger partial charge in [0.15, 0.2) is 5.65 Å². The highest BCUT2D eigenvalue weighted by Gasteiger charge is 2.37. The summed E-state index contributed by atoms with van der Waals surface area (Å²) in [5, 5.41) is 11.0. The molecule has 0 fully saturated rings. The second-order valence-electron chi connectivity index (χ2n) is 11.7. The summed E-state index contributed by atoms with van der Waals surface area (Å²) in [4.78, 5) is 8.77. The van der Waals surface area contributed by atoms with Gasteiger partial charge in [-0.1, -0.05) is 27.7 Å². The van der Waals surface area contributed by atoms with E-state index in [4.69, 9.17) is 4.98 Å². The molecule has 1 aromatic carbocycles. The van der Waals surface area contributed by atoms with Crippen LogP contribution in [0.25, 0.3) is 11.0 Å². The Hall–Kier alpha value is -3.75. The summed E-state index contributed by atoms with van der Waals surface area (Å²) in [6.07, 6.45) is -9.92. The number of guanidine groups is 1. The van der Waals surface area contributed by atoms with Gasteiger partial charge in [0, 0.05) is 51.2 Å². The molecule has 3 aromatic rings. The number of pyridine rings is 1. The van der Waals surface area contributed by atoms with Gasteiger partial charge in [0.2, 0.25) is 5.96 Å². The smallest absolute Gasteiger partial charge is 0.356 e. The van der Waals surface area contributed by atoms with Crippen molar-refractivity contribution in [2.45, 2.75) is 60.1 Å². The van der Waals surface area contributed by atoms with Gasteiger partial charge in [-0.2, -0.15) is 31.4 Å². The van der Waals surface area contributed by atoms with Crippen LogP contribution in [0.2, 0.25) is 0 Å². The van der Waals surface area contributed by atoms with Gasteiger partial charge in [0.1, 0.15) is 5.82 Å². The number of hydrogen-bond donors (Lipinski definition) is 2. The fourth-order valence-electron chi connectivity index (χ4n) is 5.10. The SMILES string of the molecule is Cc1nn(C)c2nc(N(CC(C)C)CC(C)C)c(CN(Cc3cc(C(F)(F)F)cc(C(F)(F)F)c3)C3=NN(C)NN3)cc12. The third kappa shape index (κ3) is 7.61. The van der Waals surface area contributed by atoms with Crippen molar-refractivity contribution in [1.29, 1.82) is 0 Å². The minimum absolute atomic E-state index is 0.0816. The molecule has 0 bridgehead atoms. The van der Waals surface area contributed by atoms with E-state index in [0.717, 1.165) is 28.8 Å². The number of nitrogens with one attached hydrogen (secondary N) is 2. The molecule has 0 radical (unpaired) electrons. The minimum atomic E-state index is -4.96. The Morgan fingerprint density at radius 3 is 1.91 bits per heavy atom. The van der Waals surface area contributed by atoms with Crippen LogP contribution in [0, 0.1) is 18.8 Å². The lowest BCUT2D eigenvalue weighted by molar-refractivity contribution is -0.143. The van der Waals surface area contributed by atoms with Crippen LogP contribution in [0.4, 0.5) is 32.2 Å². The molecule has 0 saturated carbocycles. The Balaban J connectivity index is 1.86. The third-order valence-electron chi connectivity index (χ3n) is 6.78. The zero-order valence-electron chi connectivity index (χ0n) is 25.2. The van der Waals surface area contributed by atoms with Crippen molar-refractivity contribution in [2.75, 3.05) is 25.0 Å². The Morgan fingerprint density at radius 1 is 0.837 bits per heavy atom. The van der Waals surface area contributed by atoms with Gasteiger partial charge < -0.3 is 9.80 Å². The quantitative estimate of drug-likeness (QED) is 0.302. The Kier molecular flexibility index (Phi) is 9.05. The maximum Gasteiger partial charge on any atom is 0.416 e. The molecule has 0 atom stereocenters. The molecule has 0 amide bonds. The topological polar surface area (TPSA) is 76.9 Å². The van der Waals surface area contributed by atoms with Gasteiger partial charge in [-0.15, -0.1) is 10.6 Å². The molecule has 3 heterocycles. The van der Waals surface area contributed by atoms with E-state index in [1.54, 1.807) is 23.7 Å². The van der Waals surface area contributed by atoms with E-state index < -0.39 is 23.5 Å². The molecule has 0 saturated heterocycles. The van der Waals surface area contributed by atoms with E-state index in [9.17, 15) is 26.3 Å². The number of alkyl halides is 6. The number of hydrazine groups is 2. The average molecular weight is 614 g/mol. The van der Waals surface area contributed by atoms with E-state index in [1.165, 1.54) is 5.12 Å². The first kappa shape index (κ1) is 32.2. The van der Waals surface area contributed by atoms with Crippen molar-refractivity contribution in [1.82, 2.24) is 35.7 Å². The lowest BCUT2D eigenvalue weighted by Gasteiger charge is -2.31. The summed E-state index contributed by atoms with van der Waals surface area (Å²) in [6.45, 7) is 11.4. The highest BCUT2D eigenvalue weighted by Crippen LogP contribution is 2.37. The number of fused-ring (bicyclic) bond motifs is 1. The van der Waals surface area contributed by atoms with Crippen LogP contribution < -0.4 is 15.9 Å². The van der Waals surface area contributed by atoms with Crippen LogP contribution in [0.15, 0.2) is 29.4 Å². The number of anilines is 1. The zero-order chi connectivity index (χ0) is 31.9. The van der Waals surface area contributed by atoms with Crippen LogP contribution in [-0.2, 0) is 32.5 Å². The average Bonchev–Trinajstić information content (AvgIpc) is 3.43. The minimum Gasteiger partial charge on any atom is -0.356 e. The summed E-state index contributed by atoms with van der Waals surface area (Å²) in [7, 11) is 3.41. The number of aromatic nitrogens is 3. The third-order valence-corrected chi connectivity index (χ3v) is 6.78. The summed E-state index contributed by atoms with van der Waals surface area (Å²) >= 11 is 0. The van der Waals surface area contributed by atoms with Crippen LogP contribution in [0.1, 0.15) is 55.6 Å². The van der Waals surface area contributed by atoms with Gasteiger partial charge in [-0.3, -0.25) is 10.1 Å². The predicted molar refractivity (Wildman–Crippen MR) is 152 cm³/mol. The first-order chi connectivity index (χ1) is 19.9. The number of nitrogens with zero attached hydrogens (tertiary/aromatic N) is 7. The van der Waals surface area contributed by atoms with Crippen molar-refractivity contribution in [3.8, 4) is 0 Å². The van der Waals surface area contributed by atoms with Crippen molar-refractivity contribution in [3.63, 3.8) is 0 Å². The fraction of sp³-hybridized carbons (Fsp3) is 0.536. The highest BCUT2D eigenvalue weighted by atomic mass is 19.4. The number of aryl methyl sites for hydroxylation is 2. The van der Waals surface area contributed by atoms with Gasteiger partial charge >= 0.3 is 12.4 Å². The lowest BCUT2D eigenvalue weighted by Crippen LogP contribution is -2.44. The normalized spacial score (nSPS) is 14.2. The van der Waals surface area contributed by atoms with E-state index in [2.05, 4.69) is 53.8 Å². The predicted octanol–water partition coefficient (Wildman–Crippen LogP) is 5.66. The first-order valence-corrected chi connectivity index (χ1v) is 13.9. The number of benzene rings is 1. The summed E-state index contributed by atoms with van der Waals surface area (Å²) < 4.78 is 83.6. The number of hydrazone groups is 1. The molecule has 2 aromatic heterocycles. The highest BCUT2D eigenvalue weighted by molar-refractivity contribution is 5.83. The maximum atomic E-state index is 13.7. The first-order valence-electron chi connectivity index (χ1n) is 13.9. The molecular weight excluding hydrogens is 576 g/mol. The van der Waals surface area contributed by atoms with E-state index in [0.29, 0.717) is 24.6 Å². The van der Waals surface area contributed by atoms with Crippen molar-refractivity contribution in [2.24, 2.45) is 24.0 Å². The van der Waals surface area contributed by atoms with Crippen LogP contribution >= 0.6 is 0 Å². The van der Waals surface area contributed by atoms with Crippen molar-refractivity contribution < 1.29 is 26.3 Å². The maximum absolute atomic E-state index is 13.7. The molecule has 43 heavy (non-hydrogen) atoms. The Labute approximate surface area is 246 Å². The van der Waals surface area contributed by atoms with Crippen LogP contribution in [0.3, 0.4) is 0 Å².